The highest BCUT2D eigenvalue weighted by atomic mass is 32.2. The minimum Gasteiger partial charge on any atom is -0.486 e. The van der Waals surface area contributed by atoms with Gasteiger partial charge < -0.3 is 15.8 Å². The summed E-state index contributed by atoms with van der Waals surface area (Å²) in [6, 6.07) is 14.3. The minimum absolute atomic E-state index is 0.145. The fourth-order valence-electron chi connectivity index (χ4n) is 2.86. The molecule has 0 saturated heterocycles. The summed E-state index contributed by atoms with van der Waals surface area (Å²) in [6.45, 7) is 6.65. The summed E-state index contributed by atoms with van der Waals surface area (Å²) in [7, 11) is 0. The number of nitrogens with one attached hydrogen (secondary N) is 1. The number of aryl methyl sites for hydroxylation is 1. The predicted molar refractivity (Wildman–Crippen MR) is 125 cm³/mol. The van der Waals surface area contributed by atoms with Gasteiger partial charge in [0.15, 0.2) is 11.0 Å². The van der Waals surface area contributed by atoms with Crippen molar-refractivity contribution in [3.63, 3.8) is 0 Å². The molecule has 2 aromatic carbocycles. The number of primary amides is 1. The molecular formula is C23H25N5O3S. The topological polar surface area (TPSA) is 112 Å². The molecule has 3 rings (SSSR count). The number of nitrogens with two attached hydrogens (primary N) is 1. The van der Waals surface area contributed by atoms with Crippen LogP contribution in [0.3, 0.4) is 0 Å². The highest BCUT2D eigenvalue weighted by molar-refractivity contribution is 7.99. The molecule has 3 N–H and O–H groups in total. The number of aromatic nitrogens is 3. The number of nitrogens with zero attached hydrogens (tertiary/aromatic N) is 3. The van der Waals surface area contributed by atoms with Crippen LogP contribution in [0.15, 0.2) is 66.3 Å². The first-order valence-corrected chi connectivity index (χ1v) is 11.1. The Hall–Kier alpha value is -3.59. The molecule has 2 amide bonds. The number of ether oxygens (including phenoxy) is 1. The Labute approximate surface area is 190 Å². The zero-order valence-electron chi connectivity index (χ0n) is 17.8. The second kappa shape index (κ2) is 11.1. The van der Waals surface area contributed by atoms with E-state index in [-0.39, 0.29) is 18.3 Å². The first-order valence-electron chi connectivity index (χ1n) is 10.1. The predicted octanol–water partition coefficient (Wildman–Crippen LogP) is 3.44. The molecule has 0 aliphatic carbocycles. The van der Waals surface area contributed by atoms with Gasteiger partial charge in [-0.25, -0.2) is 0 Å². The maximum atomic E-state index is 12.3. The Balaban J connectivity index is 1.58. The fraction of sp³-hybridized carbons (Fsp3) is 0.217. The normalized spacial score (nSPS) is 10.5. The van der Waals surface area contributed by atoms with Gasteiger partial charge in [-0.1, -0.05) is 36.9 Å². The molecule has 0 fully saturated rings. The van der Waals surface area contributed by atoms with E-state index in [1.165, 1.54) is 17.3 Å². The number of amides is 2. The molecule has 166 valence electrons. The molecule has 1 aromatic heterocycles. The van der Waals surface area contributed by atoms with E-state index in [1.807, 2.05) is 28.8 Å². The van der Waals surface area contributed by atoms with Crippen LogP contribution in [-0.2, 0) is 24.4 Å². The SMILES string of the molecule is C=CCn1c(COc2ccc(CC)cc2)nnc1SCC(=O)Nc1ccc(C(N)=O)cc1. The van der Waals surface area contributed by atoms with Gasteiger partial charge in [-0.15, -0.1) is 16.8 Å². The third-order valence-corrected chi connectivity index (χ3v) is 5.56. The summed E-state index contributed by atoms with van der Waals surface area (Å²) < 4.78 is 7.71. The molecule has 32 heavy (non-hydrogen) atoms. The van der Waals surface area contributed by atoms with Crippen molar-refractivity contribution in [1.29, 1.82) is 0 Å². The Morgan fingerprint density at radius 1 is 1.16 bits per heavy atom. The molecule has 1 heterocycles. The van der Waals surface area contributed by atoms with E-state index in [4.69, 9.17) is 10.5 Å². The third kappa shape index (κ3) is 6.21. The molecule has 0 aliphatic rings. The van der Waals surface area contributed by atoms with Gasteiger partial charge in [-0.2, -0.15) is 0 Å². The number of carbonyl (C=O) groups is 2. The molecule has 8 nitrogen and oxygen atoms in total. The van der Waals surface area contributed by atoms with Crippen LogP contribution in [0.4, 0.5) is 5.69 Å². The average Bonchev–Trinajstić information content (AvgIpc) is 3.18. The standard InChI is InChI=1S/C23H25N5O3S/c1-3-13-28-20(14-31-19-11-5-16(4-2)6-12-19)26-27-23(28)32-15-21(29)25-18-9-7-17(8-10-18)22(24)30/h3,5-12H,1,4,13-15H2,2H3,(H2,24,30)(H,25,29). The van der Waals surface area contributed by atoms with Gasteiger partial charge in [0.2, 0.25) is 11.8 Å². The third-order valence-electron chi connectivity index (χ3n) is 4.59. The van der Waals surface area contributed by atoms with Crippen molar-refractivity contribution in [1.82, 2.24) is 14.8 Å². The first-order chi connectivity index (χ1) is 15.5. The molecular weight excluding hydrogens is 426 g/mol. The lowest BCUT2D eigenvalue weighted by molar-refractivity contribution is -0.113. The smallest absolute Gasteiger partial charge is 0.248 e. The largest absolute Gasteiger partial charge is 0.486 e. The minimum atomic E-state index is -0.516. The summed E-state index contributed by atoms with van der Waals surface area (Å²) in [6.07, 6.45) is 2.72. The lowest BCUT2D eigenvalue weighted by atomic mass is 10.2. The van der Waals surface area contributed by atoms with E-state index >= 15 is 0 Å². The molecule has 0 aliphatic heterocycles. The van der Waals surface area contributed by atoms with E-state index < -0.39 is 5.91 Å². The maximum absolute atomic E-state index is 12.3. The zero-order valence-corrected chi connectivity index (χ0v) is 18.6. The molecule has 9 heteroatoms. The van der Waals surface area contributed by atoms with Gasteiger partial charge >= 0.3 is 0 Å². The van der Waals surface area contributed by atoms with E-state index in [2.05, 4.69) is 29.0 Å². The molecule has 3 aromatic rings. The van der Waals surface area contributed by atoms with Crippen LogP contribution < -0.4 is 15.8 Å². The van der Waals surface area contributed by atoms with Crippen LogP contribution in [0.2, 0.25) is 0 Å². The van der Waals surface area contributed by atoms with E-state index in [9.17, 15) is 9.59 Å². The van der Waals surface area contributed by atoms with Gasteiger partial charge in [-0.05, 0) is 48.4 Å². The summed E-state index contributed by atoms with van der Waals surface area (Å²) in [5.41, 5.74) is 7.43. The number of carbonyl (C=O) groups excluding carboxylic acids is 2. The van der Waals surface area contributed by atoms with Gasteiger partial charge in [-0.3, -0.25) is 14.2 Å². The Morgan fingerprint density at radius 3 is 2.50 bits per heavy atom. The number of anilines is 1. The fourth-order valence-corrected chi connectivity index (χ4v) is 3.63. The van der Waals surface area contributed by atoms with Crippen LogP contribution in [0.25, 0.3) is 0 Å². The summed E-state index contributed by atoms with van der Waals surface area (Å²) in [4.78, 5) is 23.5. The second-order valence-electron chi connectivity index (χ2n) is 6.86. The van der Waals surface area contributed by atoms with Crippen molar-refractivity contribution in [2.24, 2.45) is 5.73 Å². The van der Waals surface area contributed by atoms with Crippen molar-refractivity contribution in [2.45, 2.75) is 31.7 Å². The van der Waals surface area contributed by atoms with Crippen LogP contribution in [0, 0.1) is 0 Å². The number of allylic oxidation sites excluding steroid dienone is 1. The van der Waals surface area contributed by atoms with Crippen molar-refractivity contribution >= 4 is 29.3 Å². The Kier molecular flexibility index (Phi) is 8.04. The van der Waals surface area contributed by atoms with Gasteiger partial charge in [0.25, 0.3) is 0 Å². The van der Waals surface area contributed by atoms with Gasteiger partial charge in [0.1, 0.15) is 12.4 Å². The summed E-state index contributed by atoms with van der Waals surface area (Å²) in [5.74, 6) is 0.828. The number of benzene rings is 2. The Bertz CT molecular complexity index is 1080. The number of hydrogen-bond donors (Lipinski definition) is 2. The second-order valence-corrected chi connectivity index (χ2v) is 7.81. The van der Waals surface area contributed by atoms with E-state index in [0.717, 1.165) is 12.2 Å². The monoisotopic (exact) mass is 451 g/mol. The van der Waals surface area contributed by atoms with Crippen LogP contribution >= 0.6 is 11.8 Å². The molecule has 0 radical (unpaired) electrons. The quantitative estimate of drug-likeness (QED) is 0.341. The molecule has 0 atom stereocenters. The summed E-state index contributed by atoms with van der Waals surface area (Å²) >= 11 is 1.27. The average molecular weight is 452 g/mol. The zero-order chi connectivity index (χ0) is 22.9. The van der Waals surface area contributed by atoms with Crippen LogP contribution in [0.5, 0.6) is 5.75 Å². The van der Waals surface area contributed by atoms with Crippen molar-refractivity contribution in [2.75, 3.05) is 11.1 Å². The van der Waals surface area contributed by atoms with Crippen molar-refractivity contribution in [3.8, 4) is 5.75 Å². The van der Waals surface area contributed by atoms with Crippen molar-refractivity contribution < 1.29 is 14.3 Å². The summed E-state index contributed by atoms with van der Waals surface area (Å²) in [5, 5.41) is 11.8. The molecule has 0 bridgehead atoms. The van der Waals surface area contributed by atoms with Crippen molar-refractivity contribution in [3.05, 3.63) is 78.1 Å². The number of thioether (sulfide) groups is 1. The maximum Gasteiger partial charge on any atom is 0.248 e. The van der Waals surface area contributed by atoms with E-state index in [0.29, 0.717) is 28.8 Å². The number of hydrogen-bond acceptors (Lipinski definition) is 6. The number of rotatable bonds is 11. The van der Waals surface area contributed by atoms with Crippen LogP contribution in [0.1, 0.15) is 28.7 Å². The molecule has 0 unspecified atom stereocenters. The lowest BCUT2D eigenvalue weighted by Crippen LogP contribution is -2.15. The van der Waals surface area contributed by atoms with Gasteiger partial charge in [0, 0.05) is 17.8 Å². The highest BCUT2D eigenvalue weighted by Crippen LogP contribution is 2.20. The van der Waals surface area contributed by atoms with E-state index in [1.54, 1.807) is 30.3 Å². The lowest BCUT2D eigenvalue weighted by Gasteiger charge is -2.10. The molecule has 0 saturated carbocycles. The van der Waals surface area contributed by atoms with Crippen LogP contribution in [-0.4, -0.2) is 32.3 Å². The van der Waals surface area contributed by atoms with Gasteiger partial charge in [0.05, 0.1) is 5.75 Å². The highest BCUT2D eigenvalue weighted by Gasteiger charge is 2.14. The Morgan fingerprint density at radius 2 is 1.88 bits per heavy atom. The molecule has 0 spiro atoms. The first kappa shape index (κ1) is 23.1.